The molecule has 0 spiro atoms. The van der Waals surface area contributed by atoms with Crippen molar-refractivity contribution in [1.82, 2.24) is 0 Å². The van der Waals surface area contributed by atoms with E-state index in [1.54, 1.807) is 0 Å². The fraction of sp³-hybridized carbons (Fsp3) is 0.300. The van der Waals surface area contributed by atoms with E-state index in [1.807, 2.05) is 0 Å². The van der Waals surface area contributed by atoms with Crippen molar-refractivity contribution < 1.29 is 35.9 Å². The lowest BCUT2D eigenvalue weighted by atomic mass is 10.0. The Hall–Kier alpha value is -1.73. The van der Waals surface area contributed by atoms with Crippen LogP contribution in [0.3, 0.4) is 0 Å². The molecule has 0 radical (unpaired) electrons. The Balaban J connectivity index is 2.92. The number of carbonyl (C=O) groups is 1. The van der Waals surface area contributed by atoms with E-state index in [2.05, 4.69) is 4.74 Å². The zero-order valence-corrected chi connectivity index (χ0v) is 8.55. The van der Waals surface area contributed by atoms with Crippen LogP contribution >= 0.6 is 0 Å². The van der Waals surface area contributed by atoms with Crippen LogP contribution in [0.15, 0.2) is 24.3 Å². The Morgan fingerprint density at radius 3 is 1.83 bits per heavy atom. The molecule has 0 fully saturated rings. The number of aldehydes is 1. The van der Waals surface area contributed by atoms with Gasteiger partial charge in [0.25, 0.3) is 0 Å². The van der Waals surface area contributed by atoms with Crippen molar-refractivity contribution in [2.24, 2.45) is 0 Å². The Morgan fingerprint density at radius 2 is 1.50 bits per heavy atom. The highest BCUT2D eigenvalue weighted by atomic mass is 19.4. The van der Waals surface area contributed by atoms with Crippen LogP contribution in [-0.2, 0) is 4.79 Å². The lowest BCUT2D eigenvalue weighted by molar-refractivity contribution is -0.274. The maximum absolute atomic E-state index is 12.3. The Morgan fingerprint density at radius 1 is 1.00 bits per heavy atom. The molecule has 1 rings (SSSR count). The minimum Gasteiger partial charge on any atom is -0.406 e. The monoisotopic (exact) mass is 272 g/mol. The van der Waals surface area contributed by atoms with Crippen molar-refractivity contribution in [2.75, 3.05) is 0 Å². The number of hydrogen-bond acceptors (Lipinski definition) is 2. The summed E-state index contributed by atoms with van der Waals surface area (Å²) in [5, 5.41) is 0. The minimum absolute atomic E-state index is 0.320. The second kappa shape index (κ2) is 4.87. The Bertz CT molecular complexity index is 406. The van der Waals surface area contributed by atoms with Crippen molar-refractivity contribution in [3.8, 4) is 5.75 Å². The summed E-state index contributed by atoms with van der Waals surface area (Å²) in [6.07, 6.45) is -10.0. The number of ether oxygens (including phenoxy) is 1. The quantitative estimate of drug-likeness (QED) is 0.622. The first-order valence-corrected chi connectivity index (χ1v) is 4.51. The lowest BCUT2D eigenvalue weighted by Crippen LogP contribution is -2.22. The average molecular weight is 272 g/mol. The number of hydrogen-bond donors (Lipinski definition) is 0. The first-order valence-electron chi connectivity index (χ1n) is 4.51. The van der Waals surface area contributed by atoms with Crippen LogP contribution in [-0.4, -0.2) is 18.8 Å². The fourth-order valence-electron chi connectivity index (χ4n) is 1.22. The standard InChI is InChI=1S/C10H6F6O2/c11-9(12,13)8(5-17)6-1-3-7(4-2-6)18-10(14,15)16/h1-5,8H. The summed E-state index contributed by atoms with van der Waals surface area (Å²) in [5.41, 5.74) is -0.452. The molecule has 0 saturated heterocycles. The zero-order valence-electron chi connectivity index (χ0n) is 8.55. The molecule has 1 aromatic rings. The maximum atomic E-state index is 12.3. The van der Waals surface area contributed by atoms with Crippen LogP contribution in [0.2, 0.25) is 0 Å². The normalized spacial score (nSPS) is 14.1. The third-order valence-electron chi connectivity index (χ3n) is 1.96. The van der Waals surface area contributed by atoms with Crippen molar-refractivity contribution >= 4 is 6.29 Å². The molecular formula is C10H6F6O2. The fourth-order valence-corrected chi connectivity index (χ4v) is 1.22. The molecule has 100 valence electrons. The third kappa shape index (κ3) is 3.94. The van der Waals surface area contributed by atoms with Gasteiger partial charge in [0.15, 0.2) is 0 Å². The van der Waals surface area contributed by atoms with Crippen LogP contribution in [0.25, 0.3) is 0 Å². The number of carbonyl (C=O) groups excluding carboxylic acids is 1. The van der Waals surface area contributed by atoms with E-state index in [0.717, 1.165) is 12.1 Å². The van der Waals surface area contributed by atoms with Crippen molar-refractivity contribution in [3.63, 3.8) is 0 Å². The van der Waals surface area contributed by atoms with E-state index in [-0.39, 0.29) is 6.29 Å². The average Bonchev–Trinajstić information content (AvgIpc) is 2.17. The number of alkyl halides is 6. The first-order chi connectivity index (χ1) is 8.13. The van der Waals surface area contributed by atoms with Crippen molar-refractivity contribution in [2.45, 2.75) is 18.5 Å². The van der Waals surface area contributed by atoms with Gasteiger partial charge >= 0.3 is 12.5 Å². The number of halogens is 6. The third-order valence-corrected chi connectivity index (χ3v) is 1.96. The molecule has 0 heterocycles. The molecule has 0 aliphatic rings. The largest absolute Gasteiger partial charge is 0.573 e. The van der Waals surface area contributed by atoms with E-state index in [1.165, 1.54) is 0 Å². The van der Waals surface area contributed by atoms with Crippen LogP contribution in [0.4, 0.5) is 26.3 Å². The molecule has 0 saturated carbocycles. The van der Waals surface area contributed by atoms with Gasteiger partial charge in [-0.1, -0.05) is 12.1 Å². The van der Waals surface area contributed by atoms with Gasteiger partial charge < -0.3 is 9.53 Å². The lowest BCUT2D eigenvalue weighted by Gasteiger charge is -2.15. The van der Waals surface area contributed by atoms with Gasteiger partial charge in [0, 0.05) is 0 Å². The summed E-state index contributed by atoms with van der Waals surface area (Å²) in [7, 11) is 0. The molecule has 0 bridgehead atoms. The molecule has 0 aliphatic carbocycles. The van der Waals surface area contributed by atoms with Crippen LogP contribution < -0.4 is 4.74 Å². The summed E-state index contributed by atoms with van der Waals surface area (Å²) in [4.78, 5) is 10.3. The topological polar surface area (TPSA) is 26.3 Å². The highest BCUT2D eigenvalue weighted by Gasteiger charge is 2.40. The first kappa shape index (κ1) is 14.3. The second-order valence-electron chi connectivity index (χ2n) is 3.27. The van der Waals surface area contributed by atoms with E-state index < -0.39 is 29.8 Å². The van der Waals surface area contributed by atoms with Crippen LogP contribution in [0.5, 0.6) is 5.75 Å². The Labute approximate surface area is 97.2 Å². The molecule has 8 heteroatoms. The van der Waals surface area contributed by atoms with E-state index in [4.69, 9.17) is 0 Å². The van der Waals surface area contributed by atoms with Crippen molar-refractivity contribution in [3.05, 3.63) is 29.8 Å². The van der Waals surface area contributed by atoms with Gasteiger partial charge in [-0.15, -0.1) is 13.2 Å². The molecule has 2 nitrogen and oxygen atoms in total. The molecule has 0 aliphatic heterocycles. The van der Waals surface area contributed by atoms with Crippen LogP contribution in [0, 0.1) is 0 Å². The predicted octanol–water partition coefficient (Wildman–Crippen LogP) is 3.43. The number of benzene rings is 1. The second-order valence-corrected chi connectivity index (χ2v) is 3.27. The van der Waals surface area contributed by atoms with E-state index >= 15 is 0 Å². The summed E-state index contributed by atoms with van der Waals surface area (Å²) >= 11 is 0. The van der Waals surface area contributed by atoms with Gasteiger partial charge in [0.1, 0.15) is 18.0 Å². The van der Waals surface area contributed by atoms with Gasteiger partial charge in [-0.25, -0.2) is 0 Å². The number of rotatable bonds is 3. The molecule has 1 atom stereocenters. The maximum Gasteiger partial charge on any atom is 0.573 e. The van der Waals surface area contributed by atoms with Crippen LogP contribution in [0.1, 0.15) is 11.5 Å². The molecule has 18 heavy (non-hydrogen) atoms. The molecule has 0 amide bonds. The van der Waals surface area contributed by atoms with Gasteiger partial charge in [0.05, 0.1) is 0 Å². The Kier molecular flexibility index (Phi) is 3.88. The molecular weight excluding hydrogens is 266 g/mol. The van der Waals surface area contributed by atoms with Gasteiger partial charge in [-0.05, 0) is 17.7 Å². The van der Waals surface area contributed by atoms with Gasteiger partial charge in [-0.3, -0.25) is 0 Å². The van der Waals surface area contributed by atoms with E-state index in [0.29, 0.717) is 12.1 Å². The van der Waals surface area contributed by atoms with Gasteiger partial charge in [0.2, 0.25) is 0 Å². The minimum atomic E-state index is -4.92. The summed E-state index contributed by atoms with van der Waals surface area (Å²) < 4.78 is 75.9. The SMILES string of the molecule is O=CC(c1ccc(OC(F)(F)F)cc1)C(F)(F)F. The summed E-state index contributed by atoms with van der Waals surface area (Å²) in [5.74, 6) is -3.02. The smallest absolute Gasteiger partial charge is 0.406 e. The summed E-state index contributed by atoms with van der Waals surface area (Å²) in [6, 6.07) is 2.94. The van der Waals surface area contributed by atoms with Gasteiger partial charge in [-0.2, -0.15) is 13.2 Å². The highest BCUT2D eigenvalue weighted by Crippen LogP contribution is 2.34. The van der Waals surface area contributed by atoms with E-state index in [9.17, 15) is 31.1 Å². The zero-order chi connectivity index (χ0) is 14.0. The molecule has 0 aromatic heterocycles. The molecule has 0 N–H and O–H groups in total. The highest BCUT2D eigenvalue weighted by molar-refractivity contribution is 5.63. The molecule has 1 unspecified atom stereocenters. The molecule has 1 aromatic carbocycles. The van der Waals surface area contributed by atoms with Crippen molar-refractivity contribution in [1.29, 1.82) is 0 Å². The predicted molar refractivity (Wildman–Crippen MR) is 48.0 cm³/mol. The summed E-state index contributed by atoms with van der Waals surface area (Å²) in [6.45, 7) is 0.